The fraction of sp³-hybridized carbons (Fsp3) is 0.800. The molecule has 0 aromatic rings. The molecule has 0 unspecified atom stereocenters. The molecule has 0 amide bonds. The van der Waals surface area contributed by atoms with Crippen LogP contribution in [-0.4, -0.2) is 40.2 Å². The van der Waals surface area contributed by atoms with E-state index in [4.69, 9.17) is 15.6 Å². The lowest BCUT2D eigenvalue weighted by Crippen LogP contribution is -2.30. The maximum Gasteiger partial charge on any atom is 0.320 e. The molecule has 6 heteroatoms. The summed E-state index contributed by atoms with van der Waals surface area (Å²) in [7, 11) is 0. The Bertz CT molecular complexity index is 250. The SMILES string of the molecule is CC(C)(C)OC(=O)CSCC[C@H](N)C(=O)O. The number of nitrogens with two attached hydrogens (primary N) is 1. The number of esters is 1. The number of carbonyl (C=O) groups excluding carboxylic acids is 1. The Morgan fingerprint density at radius 2 is 2.00 bits per heavy atom. The predicted molar refractivity (Wildman–Crippen MR) is 63.4 cm³/mol. The van der Waals surface area contributed by atoms with E-state index >= 15 is 0 Å². The van der Waals surface area contributed by atoms with Crippen molar-refractivity contribution in [3.05, 3.63) is 0 Å². The first-order chi connectivity index (χ1) is 7.22. The van der Waals surface area contributed by atoms with Crippen molar-refractivity contribution < 1.29 is 19.4 Å². The van der Waals surface area contributed by atoms with Gasteiger partial charge in [0, 0.05) is 0 Å². The normalized spacial score (nSPS) is 13.2. The third-order valence-electron chi connectivity index (χ3n) is 1.53. The van der Waals surface area contributed by atoms with Crippen molar-refractivity contribution in [3.63, 3.8) is 0 Å². The topological polar surface area (TPSA) is 89.6 Å². The fourth-order valence-electron chi connectivity index (χ4n) is 0.860. The second kappa shape index (κ2) is 6.75. The van der Waals surface area contributed by atoms with Crippen LogP contribution in [0.5, 0.6) is 0 Å². The van der Waals surface area contributed by atoms with E-state index in [0.29, 0.717) is 12.2 Å². The van der Waals surface area contributed by atoms with Crippen LogP contribution in [-0.2, 0) is 14.3 Å². The summed E-state index contributed by atoms with van der Waals surface area (Å²) in [6.07, 6.45) is 0.350. The van der Waals surface area contributed by atoms with Crippen molar-refractivity contribution in [3.8, 4) is 0 Å². The van der Waals surface area contributed by atoms with Gasteiger partial charge >= 0.3 is 11.9 Å². The van der Waals surface area contributed by atoms with Gasteiger partial charge in [-0.3, -0.25) is 9.59 Å². The molecule has 0 heterocycles. The molecule has 0 saturated carbocycles. The van der Waals surface area contributed by atoms with Crippen LogP contribution in [0.1, 0.15) is 27.2 Å². The summed E-state index contributed by atoms with van der Waals surface area (Å²) in [5, 5.41) is 8.52. The van der Waals surface area contributed by atoms with Crippen LogP contribution in [0.15, 0.2) is 0 Å². The van der Waals surface area contributed by atoms with Gasteiger partial charge in [-0.25, -0.2) is 0 Å². The summed E-state index contributed by atoms with van der Waals surface area (Å²) in [6, 6.07) is -0.855. The molecule has 16 heavy (non-hydrogen) atoms. The molecule has 3 N–H and O–H groups in total. The van der Waals surface area contributed by atoms with Crippen molar-refractivity contribution in [1.29, 1.82) is 0 Å². The van der Waals surface area contributed by atoms with Crippen LogP contribution >= 0.6 is 11.8 Å². The Labute approximate surface area is 99.7 Å². The molecule has 0 spiro atoms. The molecule has 0 aliphatic heterocycles. The van der Waals surface area contributed by atoms with E-state index in [1.807, 2.05) is 0 Å². The number of aliphatic carboxylic acids is 1. The van der Waals surface area contributed by atoms with E-state index in [-0.39, 0.29) is 11.7 Å². The van der Waals surface area contributed by atoms with Gasteiger partial charge in [0.15, 0.2) is 0 Å². The lowest BCUT2D eigenvalue weighted by atomic mass is 10.2. The number of carbonyl (C=O) groups is 2. The quantitative estimate of drug-likeness (QED) is 0.536. The maximum atomic E-state index is 11.2. The Morgan fingerprint density at radius 1 is 1.44 bits per heavy atom. The van der Waals surface area contributed by atoms with Crippen molar-refractivity contribution in [1.82, 2.24) is 0 Å². The number of ether oxygens (including phenoxy) is 1. The van der Waals surface area contributed by atoms with Crippen LogP contribution in [0.3, 0.4) is 0 Å². The third kappa shape index (κ3) is 8.55. The van der Waals surface area contributed by atoms with Gasteiger partial charge in [-0.15, -0.1) is 0 Å². The summed E-state index contributed by atoms with van der Waals surface area (Å²) in [5.74, 6) is -0.546. The Kier molecular flexibility index (Phi) is 6.43. The first-order valence-corrected chi connectivity index (χ1v) is 6.16. The Balaban J connectivity index is 3.60. The molecule has 0 aliphatic carbocycles. The number of hydrogen-bond acceptors (Lipinski definition) is 5. The summed E-state index contributed by atoms with van der Waals surface area (Å²) < 4.78 is 5.08. The zero-order valence-electron chi connectivity index (χ0n) is 9.86. The van der Waals surface area contributed by atoms with Gasteiger partial charge < -0.3 is 15.6 Å². The molecule has 0 rings (SSSR count). The summed E-state index contributed by atoms with van der Waals surface area (Å²) in [5.41, 5.74) is 4.83. The highest BCUT2D eigenvalue weighted by atomic mass is 32.2. The highest BCUT2D eigenvalue weighted by molar-refractivity contribution is 7.99. The van der Waals surface area contributed by atoms with Gasteiger partial charge in [-0.05, 0) is 32.9 Å². The highest BCUT2D eigenvalue weighted by Crippen LogP contribution is 2.11. The lowest BCUT2D eigenvalue weighted by molar-refractivity contribution is -0.151. The van der Waals surface area contributed by atoms with Crippen LogP contribution in [0.2, 0.25) is 0 Å². The molecule has 5 nitrogen and oxygen atoms in total. The zero-order chi connectivity index (χ0) is 12.8. The molecule has 0 saturated heterocycles. The Hall–Kier alpha value is -0.750. The molecule has 1 atom stereocenters. The number of carboxylic acids is 1. The van der Waals surface area contributed by atoms with Crippen LogP contribution in [0, 0.1) is 0 Å². The minimum absolute atomic E-state index is 0.226. The van der Waals surface area contributed by atoms with E-state index < -0.39 is 17.6 Å². The van der Waals surface area contributed by atoms with Gasteiger partial charge in [0.2, 0.25) is 0 Å². The average Bonchev–Trinajstić information content (AvgIpc) is 2.08. The number of rotatable bonds is 6. The molecule has 0 fully saturated rings. The summed E-state index contributed by atoms with van der Waals surface area (Å²) >= 11 is 1.33. The van der Waals surface area contributed by atoms with E-state index in [1.54, 1.807) is 20.8 Å². The highest BCUT2D eigenvalue weighted by Gasteiger charge is 2.16. The Morgan fingerprint density at radius 3 is 2.44 bits per heavy atom. The van der Waals surface area contributed by atoms with Crippen LogP contribution in [0.4, 0.5) is 0 Å². The molecular formula is C10H19NO4S. The number of thioether (sulfide) groups is 1. The van der Waals surface area contributed by atoms with Gasteiger partial charge in [0.1, 0.15) is 11.6 Å². The van der Waals surface area contributed by atoms with Gasteiger partial charge in [-0.2, -0.15) is 11.8 Å². The standard InChI is InChI=1S/C10H19NO4S/c1-10(2,3)15-8(12)6-16-5-4-7(11)9(13)14/h7H,4-6,11H2,1-3H3,(H,13,14)/t7-/m0/s1. The van der Waals surface area contributed by atoms with Crippen molar-refractivity contribution in [2.45, 2.75) is 38.8 Å². The number of carboxylic acid groups (broad SMARTS) is 1. The van der Waals surface area contributed by atoms with E-state index in [1.165, 1.54) is 11.8 Å². The van der Waals surface area contributed by atoms with E-state index in [0.717, 1.165) is 0 Å². The lowest BCUT2D eigenvalue weighted by Gasteiger charge is -2.19. The zero-order valence-corrected chi connectivity index (χ0v) is 10.7. The summed E-state index contributed by atoms with van der Waals surface area (Å²) in [6.45, 7) is 5.40. The largest absolute Gasteiger partial charge is 0.480 e. The van der Waals surface area contributed by atoms with E-state index in [2.05, 4.69) is 0 Å². The third-order valence-corrected chi connectivity index (χ3v) is 2.49. The number of hydrogen-bond donors (Lipinski definition) is 2. The molecule has 0 aromatic heterocycles. The fourth-order valence-corrected chi connectivity index (χ4v) is 1.65. The van der Waals surface area contributed by atoms with Crippen LogP contribution < -0.4 is 5.73 Å². The first-order valence-electron chi connectivity index (χ1n) is 5.00. The van der Waals surface area contributed by atoms with Crippen LogP contribution in [0.25, 0.3) is 0 Å². The van der Waals surface area contributed by atoms with Gasteiger partial charge in [0.25, 0.3) is 0 Å². The summed E-state index contributed by atoms with van der Waals surface area (Å²) in [4.78, 5) is 21.6. The molecule has 0 aromatic carbocycles. The minimum Gasteiger partial charge on any atom is -0.480 e. The van der Waals surface area contributed by atoms with Crippen molar-refractivity contribution in [2.75, 3.05) is 11.5 Å². The van der Waals surface area contributed by atoms with Crippen molar-refractivity contribution >= 4 is 23.7 Å². The van der Waals surface area contributed by atoms with Gasteiger partial charge in [-0.1, -0.05) is 0 Å². The predicted octanol–water partition coefficient (Wildman–Crippen LogP) is 0.863. The van der Waals surface area contributed by atoms with Crippen molar-refractivity contribution in [2.24, 2.45) is 5.73 Å². The maximum absolute atomic E-state index is 11.2. The molecule has 0 bridgehead atoms. The molecule has 94 valence electrons. The first kappa shape index (κ1) is 15.2. The monoisotopic (exact) mass is 249 g/mol. The average molecular weight is 249 g/mol. The molecule has 0 aliphatic rings. The second-order valence-corrected chi connectivity index (χ2v) is 5.48. The second-order valence-electron chi connectivity index (χ2n) is 4.37. The van der Waals surface area contributed by atoms with Gasteiger partial charge in [0.05, 0.1) is 5.75 Å². The molecule has 0 radical (unpaired) electrons. The molecular weight excluding hydrogens is 230 g/mol. The minimum atomic E-state index is -1.02. The smallest absolute Gasteiger partial charge is 0.320 e. The van der Waals surface area contributed by atoms with E-state index in [9.17, 15) is 9.59 Å².